The van der Waals surface area contributed by atoms with E-state index in [4.69, 9.17) is 9.47 Å². The van der Waals surface area contributed by atoms with Crippen LogP contribution in [0.3, 0.4) is 0 Å². The monoisotopic (exact) mass is 370 g/mol. The van der Waals surface area contributed by atoms with E-state index in [-0.39, 0.29) is 17.9 Å². The fourth-order valence-corrected chi connectivity index (χ4v) is 3.09. The number of anilines is 1. The van der Waals surface area contributed by atoms with Gasteiger partial charge in [-0.05, 0) is 29.7 Å². The van der Waals surface area contributed by atoms with E-state index in [1.165, 1.54) is 5.56 Å². The number of nitrogens with one attached hydrogen (secondary N) is 1. The summed E-state index contributed by atoms with van der Waals surface area (Å²) in [6.45, 7) is 4.08. The maximum absolute atomic E-state index is 12.7. The van der Waals surface area contributed by atoms with Crippen molar-refractivity contribution in [3.05, 3.63) is 53.6 Å². The first-order chi connectivity index (χ1) is 12.9. The minimum absolute atomic E-state index is 0.0690. The van der Waals surface area contributed by atoms with Crippen LogP contribution in [0, 0.1) is 5.92 Å². The number of hydrogen-bond donors (Lipinski definition) is 1. The first-order valence-corrected chi connectivity index (χ1v) is 9.19. The predicted molar refractivity (Wildman–Crippen MR) is 110 cm³/mol. The van der Waals surface area contributed by atoms with Gasteiger partial charge in [0.05, 0.1) is 31.9 Å². The summed E-state index contributed by atoms with van der Waals surface area (Å²) < 4.78 is 10.8. The Morgan fingerprint density at radius 2 is 1.74 bits per heavy atom. The average molecular weight is 370 g/mol. The first-order valence-electron chi connectivity index (χ1n) is 9.19. The lowest BCUT2D eigenvalue weighted by molar-refractivity contribution is -0.132. The van der Waals surface area contributed by atoms with Gasteiger partial charge >= 0.3 is 0 Å². The molecule has 1 amide bonds. The van der Waals surface area contributed by atoms with Gasteiger partial charge in [0.1, 0.15) is 11.5 Å². The third-order valence-electron chi connectivity index (χ3n) is 4.80. The zero-order valence-corrected chi connectivity index (χ0v) is 17.1. The van der Waals surface area contributed by atoms with Gasteiger partial charge in [-0.25, -0.2) is 0 Å². The SMILES string of the molecule is CCc1ccc([C@@H](Nc2ccc(OC)cc2OC)[C@@H](C)C(=O)N(C)C)cc1. The third-order valence-corrected chi connectivity index (χ3v) is 4.80. The standard InChI is InChI=1S/C22H30N2O3/c1-7-16-8-10-17(11-9-16)21(15(2)22(25)24(3)4)23-19-13-12-18(26-5)14-20(19)27-6/h8-15,21,23H,7H2,1-6H3/t15-,21+/m1/s1. The van der Waals surface area contributed by atoms with Crippen molar-refractivity contribution in [2.24, 2.45) is 5.92 Å². The predicted octanol–water partition coefficient (Wildman–Crippen LogP) is 4.14. The van der Waals surface area contributed by atoms with Gasteiger partial charge in [0.15, 0.2) is 0 Å². The van der Waals surface area contributed by atoms with E-state index in [0.717, 1.165) is 23.4 Å². The smallest absolute Gasteiger partial charge is 0.227 e. The van der Waals surface area contributed by atoms with Gasteiger partial charge in [-0.2, -0.15) is 0 Å². The summed E-state index contributed by atoms with van der Waals surface area (Å²) in [5.41, 5.74) is 3.15. The summed E-state index contributed by atoms with van der Waals surface area (Å²) in [6.07, 6.45) is 0.983. The molecule has 27 heavy (non-hydrogen) atoms. The molecule has 0 aromatic heterocycles. The van der Waals surface area contributed by atoms with Crippen LogP contribution in [-0.4, -0.2) is 39.1 Å². The molecule has 0 aliphatic rings. The number of carbonyl (C=O) groups excluding carboxylic acids is 1. The highest BCUT2D eigenvalue weighted by Crippen LogP contribution is 2.35. The number of benzene rings is 2. The Balaban J connectivity index is 2.41. The van der Waals surface area contributed by atoms with Crippen molar-refractivity contribution in [3.63, 3.8) is 0 Å². The number of ether oxygens (including phenoxy) is 2. The molecule has 0 aliphatic heterocycles. The molecule has 0 bridgehead atoms. The van der Waals surface area contributed by atoms with Crippen molar-refractivity contribution in [1.82, 2.24) is 4.90 Å². The Labute approximate surface area is 162 Å². The quantitative estimate of drug-likeness (QED) is 0.759. The van der Waals surface area contributed by atoms with Gasteiger partial charge in [-0.15, -0.1) is 0 Å². The van der Waals surface area contributed by atoms with E-state index in [2.05, 4.69) is 36.5 Å². The number of nitrogens with zero attached hydrogens (tertiary/aromatic N) is 1. The van der Waals surface area contributed by atoms with E-state index < -0.39 is 0 Å². The Kier molecular flexibility index (Phi) is 7.11. The Hall–Kier alpha value is -2.69. The summed E-state index contributed by atoms with van der Waals surface area (Å²) in [7, 11) is 6.81. The molecular formula is C22H30N2O3. The molecule has 2 aromatic carbocycles. The molecular weight excluding hydrogens is 340 g/mol. The molecule has 0 spiro atoms. The average Bonchev–Trinajstić information content (AvgIpc) is 2.70. The summed E-state index contributed by atoms with van der Waals surface area (Å²) in [5.74, 6) is 1.21. The lowest BCUT2D eigenvalue weighted by Gasteiger charge is -2.29. The van der Waals surface area contributed by atoms with Crippen molar-refractivity contribution in [2.75, 3.05) is 33.6 Å². The lowest BCUT2D eigenvalue weighted by Crippen LogP contribution is -2.34. The van der Waals surface area contributed by atoms with Crippen molar-refractivity contribution in [2.45, 2.75) is 26.3 Å². The highest BCUT2D eigenvalue weighted by atomic mass is 16.5. The van der Waals surface area contributed by atoms with Crippen molar-refractivity contribution in [3.8, 4) is 11.5 Å². The van der Waals surface area contributed by atoms with E-state index in [9.17, 15) is 4.79 Å². The minimum atomic E-state index is -0.251. The van der Waals surface area contributed by atoms with Crippen molar-refractivity contribution >= 4 is 11.6 Å². The third kappa shape index (κ3) is 4.94. The van der Waals surface area contributed by atoms with Crippen LogP contribution < -0.4 is 14.8 Å². The van der Waals surface area contributed by atoms with E-state index in [0.29, 0.717) is 5.75 Å². The highest BCUT2D eigenvalue weighted by molar-refractivity contribution is 5.79. The molecule has 0 aliphatic carbocycles. The maximum atomic E-state index is 12.7. The van der Waals surface area contributed by atoms with E-state index in [1.807, 2.05) is 25.1 Å². The van der Waals surface area contributed by atoms with Gasteiger partial charge in [-0.1, -0.05) is 38.1 Å². The van der Waals surface area contributed by atoms with E-state index in [1.54, 1.807) is 33.2 Å². The number of aryl methyl sites for hydroxylation is 1. The largest absolute Gasteiger partial charge is 0.497 e. The van der Waals surface area contributed by atoms with Crippen LogP contribution >= 0.6 is 0 Å². The van der Waals surface area contributed by atoms with Crippen LogP contribution in [-0.2, 0) is 11.2 Å². The van der Waals surface area contributed by atoms with Crippen LogP contribution in [0.1, 0.15) is 31.0 Å². The lowest BCUT2D eigenvalue weighted by atomic mass is 9.92. The van der Waals surface area contributed by atoms with Crippen molar-refractivity contribution < 1.29 is 14.3 Å². The minimum Gasteiger partial charge on any atom is -0.497 e. The first kappa shape index (κ1) is 20.6. The summed E-state index contributed by atoms with van der Waals surface area (Å²) in [4.78, 5) is 14.3. The number of hydrogen-bond acceptors (Lipinski definition) is 4. The molecule has 0 unspecified atom stereocenters. The Morgan fingerprint density at radius 3 is 2.26 bits per heavy atom. The summed E-state index contributed by atoms with van der Waals surface area (Å²) >= 11 is 0. The molecule has 0 fully saturated rings. The fraction of sp³-hybridized carbons (Fsp3) is 0.409. The second-order valence-electron chi connectivity index (χ2n) is 6.80. The second-order valence-corrected chi connectivity index (χ2v) is 6.80. The maximum Gasteiger partial charge on any atom is 0.227 e. The van der Waals surface area contributed by atoms with Crippen molar-refractivity contribution in [1.29, 1.82) is 0 Å². The number of rotatable bonds is 8. The topological polar surface area (TPSA) is 50.8 Å². The number of methoxy groups -OCH3 is 2. The van der Waals surface area contributed by atoms with Gasteiger partial charge in [0, 0.05) is 20.2 Å². The van der Waals surface area contributed by atoms with Crippen LogP contribution in [0.15, 0.2) is 42.5 Å². The molecule has 0 heterocycles. The fourth-order valence-electron chi connectivity index (χ4n) is 3.09. The van der Waals surface area contributed by atoms with E-state index >= 15 is 0 Å². The van der Waals surface area contributed by atoms with Gasteiger partial charge < -0.3 is 19.7 Å². The number of carbonyl (C=O) groups is 1. The second kappa shape index (κ2) is 9.31. The van der Waals surface area contributed by atoms with Gasteiger partial charge in [0.2, 0.25) is 5.91 Å². The zero-order valence-electron chi connectivity index (χ0n) is 17.1. The molecule has 2 rings (SSSR count). The highest BCUT2D eigenvalue weighted by Gasteiger charge is 2.27. The Morgan fingerprint density at radius 1 is 1.07 bits per heavy atom. The van der Waals surface area contributed by atoms with Crippen LogP contribution in [0.5, 0.6) is 11.5 Å². The van der Waals surface area contributed by atoms with Crippen LogP contribution in [0.2, 0.25) is 0 Å². The molecule has 0 radical (unpaired) electrons. The van der Waals surface area contributed by atoms with Crippen LogP contribution in [0.25, 0.3) is 0 Å². The molecule has 1 N–H and O–H groups in total. The molecule has 146 valence electrons. The molecule has 0 saturated carbocycles. The molecule has 0 saturated heterocycles. The summed E-state index contributed by atoms with van der Waals surface area (Å²) in [5, 5.41) is 3.51. The number of amides is 1. The molecule has 5 nitrogen and oxygen atoms in total. The summed E-state index contributed by atoms with van der Waals surface area (Å²) in [6, 6.07) is 13.8. The Bertz CT molecular complexity index is 757. The molecule has 2 aromatic rings. The molecule has 5 heteroatoms. The molecule has 2 atom stereocenters. The van der Waals surface area contributed by atoms with Gasteiger partial charge in [0.25, 0.3) is 0 Å². The van der Waals surface area contributed by atoms with Gasteiger partial charge in [-0.3, -0.25) is 4.79 Å². The normalized spacial score (nSPS) is 12.8. The zero-order chi connectivity index (χ0) is 20.0. The van der Waals surface area contributed by atoms with Crippen LogP contribution in [0.4, 0.5) is 5.69 Å².